The third-order valence-electron chi connectivity index (χ3n) is 3.28. The van der Waals surface area contributed by atoms with E-state index in [2.05, 4.69) is 25.1 Å². The molecule has 5 heteroatoms. The number of aromatic amines is 1. The van der Waals surface area contributed by atoms with E-state index < -0.39 is 0 Å². The molecular formula is C13H17N5. The molecule has 0 atom stereocenters. The standard InChI is InChI=1S/C13H17N5/c1-2-8-18(9-3-1)13-15-12(16-17-13)10-11-4-6-14-7-5-11/h4-7H,1-3,8-10H2,(H,15,16,17). The zero-order chi connectivity index (χ0) is 12.2. The fraction of sp³-hybridized carbons (Fsp3) is 0.462. The summed E-state index contributed by atoms with van der Waals surface area (Å²) in [6.07, 6.45) is 8.20. The minimum atomic E-state index is 0.781. The van der Waals surface area contributed by atoms with Crippen molar-refractivity contribution in [2.45, 2.75) is 25.7 Å². The zero-order valence-corrected chi connectivity index (χ0v) is 10.3. The van der Waals surface area contributed by atoms with E-state index in [1.807, 2.05) is 12.1 Å². The maximum Gasteiger partial charge on any atom is 0.244 e. The van der Waals surface area contributed by atoms with Crippen LogP contribution in [-0.2, 0) is 6.42 Å². The Balaban J connectivity index is 1.69. The number of anilines is 1. The summed E-state index contributed by atoms with van der Waals surface area (Å²) in [5.74, 6) is 1.76. The van der Waals surface area contributed by atoms with Gasteiger partial charge in [0.05, 0.1) is 0 Å². The average Bonchev–Trinajstić information content (AvgIpc) is 2.89. The Bertz CT molecular complexity index is 487. The van der Waals surface area contributed by atoms with Gasteiger partial charge >= 0.3 is 0 Å². The van der Waals surface area contributed by atoms with Gasteiger partial charge < -0.3 is 4.90 Å². The maximum absolute atomic E-state index is 4.57. The Morgan fingerprint density at radius 2 is 1.89 bits per heavy atom. The first-order chi connectivity index (χ1) is 8.92. The first-order valence-corrected chi connectivity index (χ1v) is 6.47. The van der Waals surface area contributed by atoms with Crippen LogP contribution in [0.3, 0.4) is 0 Å². The lowest BCUT2D eigenvalue weighted by Gasteiger charge is -2.24. The number of hydrogen-bond acceptors (Lipinski definition) is 4. The quantitative estimate of drug-likeness (QED) is 0.892. The van der Waals surface area contributed by atoms with Crippen molar-refractivity contribution in [2.24, 2.45) is 0 Å². The van der Waals surface area contributed by atoms with Crippen LogP contribution in [0.1, 0.15) is 30.7 Å². The molecule has 1 fully saturated rings. The Morgan fingerprint density at radius 3 is 2.67 bits per heavy atom. The third-order valence-corrected chi connectivity index (χ3v) is 3.28. The van der Waals surface area contributed by atoms with Crippen molar-refractivity contribution >= 4 is 5.95 Å². The predicted octanol–water partition coefficient (Wildman–Crippen LogP) is 1.78. The summed E-state index contributed by atoms with van der Waals surface area (Å²) in [5.41, 5.74) is 1.20. The molecule has 3 rings (SSSR count). The van der Waals surface area contributed by atoms with Gasteiger partial charge in [-0.2, -0.15) is 4.98 Å². The Hall–Kier alpha value is -1.91. The van der Waals surface area contributed by atoms with Crippen molar-refractivity contribution in [3.63, 3.8) is 0 Å². The summed E-state index contributed by atoms with van der Waals surface area (Å²) in [5, 5.41) is 7.34. The average molecular weight is 243 g/mol. The topological polar surface area (TPSA) is 57.7 Å². The molecule has 1 N–H and O–H groups in total. The molecule has 0 aliphatic carbocycles. The van der Waals surface area contributed by atoms with Crippen LogP contribution in [0.15, 0.2) is 24.5 Å². The van der Waals surface area contributed by atoms with Gasteiger partial charge in [-0.15, -0.1) is 5.10 Å². The normalized spacial score (nSPS) is 15.9. The monoisotopic (exact) mass is 243 g/mol. The van der Waals surface area contributed by atoms with Crippen molar-refractivity contribution in [1.82, 2.24) is 20.2 Å². The van der Waals surface area contributed by atoms with Crippen molar-refractivity contribution in [3.8, 4) is 0 Å². The van der Waals surface area contributed by atoms with Gasteiger partial charge in [-0.1, -0.05) is 0 Å². The number of aromatic nitrogens is 4. The van der Waals surface area contributed by atoms with Gasteiger partial charge in [0.2, 0.25) is 5.95 Å². The highest BCUT2D eigenvalue weighted by molar-refractivity contribution is 5.30. The maximum atomic E-state index is 4.57. The molecule has 0 aromatic carbocycles. The molecule has 94 valence electrons. The van der Waals surface area contributed by atoms with Crippen LogP contribution in [-0.4, -0.2) is 33.3 Å². The Kier molecular flexibility index (Phi) is 3.21. The molecule has 0 bridgehead atoms. The van der Waals surface area contributed by atoms with Crippen molar-refractivity contribution < 1.29 is 0 Å². The van der Waals surface area contributed by atoms with E-state index >= 15 is 0 Å². The molecule has 3 heterocycles. The highest BCUT2D eigenvalue weighted by atomic mass is 15.4. The first kappa shape index (κ1) is 11.2. The van der Waals surface area contributed by atoms with Gasteiger partial charge in [-0.05, 0) is 37.0 Å². The van der Waals surface area contributed by atoms with Crippen molar-refractivity contribution in [1.29, 1.82) is 0 Å². The molecule has 1 aliphatic rings. The summed E-state index contributed by atoms with van der Waals surface area (Å²) in [4.78, 5) is 10.8. The van der Waals surface area contributed by atoms with E-state index in [0.717, 1.165) is 31.3 Å². The molecule has 0 spiro atoms. The van der Waals surface area contributed by atoms with E-state index in [1.54, 1.807) is 12.4 Å². The molecule has 0 unspecified atom stereocenters. The van der Waals surface area contributed by atoms with Gasteiger partial charge in [0, 0.05) is 31.9 Å². The van der Waals surface area contributed by atoms with E-state index in [4.69, 9.17) is 0 Å². The number of pyridine rings is 1. The molecule has 5 nitrogen and oxygen atoms in total. The van der Waals surface area contributed by atoms with Crippen molar-refractivity contribution in [3.05, 3.63) is 35.9 Å². The highest BCUT2D eigenvalue weighted by Crippen LogP contribution is 2.15. The zero-order valence-electron chi connectivity index (χ0n) is 10.3. The van der Waals surface area contributed by atoms with Gasteiger partial charge in [0.1, 0.15) is 5.82 Å². The fourth-order valence-corrected chi connectivity index (χ4v) is 2.29. The number of H-pyrrole nitrogens is 1. The summed E-state index contributed by atoms with van der Waals surface area (Å²) in [6.45, 7) is 2.15. The van der Waals surface area contributed by atoms with Gasteiger partial charge in [-0.3, -0.25) is 10.1 Å². The highest BCUT2D eigenvalue weighted by Gasteiger charge is 2.15. The predicted molar refractivity (Wildman–Crippen MR) is 69.5 cm³/mol. The third kappa shape index (κ3) is 2.50. The van der Waals surface area contributed by atoms with Crippen LogP contribution in [0.25, 0.3) is 0 Å². The summed E-state index contributed by atoms with van der Waals surface area (Å²) >= 11 is 0. The van der Waals surface area contributed by atoms with Crippen LogP contribution < -0.4 is 4.90 Å². The molecule has 1 aliphatic heterocycles. The number of nitrogens with zero attached hydrogens (tertiary/aromatic N) is 4. The summed E-state index contributed by atoms with van der Waals surface area (Å²) < 4.78 is 0. The van der Waals surface area contributed by atoms with E-state index in [1.165, 1.54) is 24.8 Å². The van der Waals surface area contributed by atoms with E-state index in [0.29, 0.717) is 0 Å². The second-order valence-corrected chi connectivity index (χ2v) is 4.66. The molecule has 0 amide bonds. The van der Waals surface area contributed by atoms with Crippen LogP contribution in [0.5, 0.6) is 0 Å². The lowest BCUT2D eigenvalue weighted by atomic mass is 10.1. The number of hydrogen-bond donors (Lipinski definition) is 1. The lowest BCUT2D eigenvalue weighted by Crippen LogP contribution is -2.30. The lowest BCUT2D eigenvalue weighted by molar-refractivity contribution is 0.569. The van der Waals surface area contributed by atoms with Crippen LogP contribution in [0, 0.1) is 0 Å². The SMILES string of the molecule is c1cc(Cc2nc(N3CCCCC3)n[nH]2)ccn1. The first-order valence-electron chi connectivity index (χ1n) is 6.47. The van der Waals surface area contributed by atoms with Gasteiger partial charge in [0.15, 0.2) is 0 Å². The number of piperidine rings is 1. The Labute approximate surface area is 106 Å². The number of nitrogens with one attached hydrogen (secondary N) is 1. The van der Waals surface area contributed by atoms with Crippen LogP contribution >= 0.6 is 0 Å². The minimum Gasteiger partial charge on any atom is -0.340 e. The Morgan fingerprint density at radius 1 is 1.11 bits per heavy atom. The van der Waals surface area contributed by atoms with Gasteiger partial charge in [0.25, 0.3) is 0 Å². The van der Waals surface area contributed by atoms with Crippen LogP contribution in [0.4, 0.5) is 5.95 Å². The largest absolute Gasteiger partial charge is 0.340 e. The smallest absolute Gasteiger partial charge is 0.244 e. The minimum absolute atomic E-state index is 0.781. The molecule has 0 radical (unpaired) electrons. The molecule has 2 aromatic heterocycles. The van der Waals surface area contributed by atoms with Crippen LogP contribution in [0.2, 0.25) is 0 Å². The summed E-state index contributed by atoms with van der Waals surface area (Å²) in [7, 11) is 0. The molecule has 18 heavy (non-hydrogen) atoms. The molecule has 0 saturated carbocycles. The van der Waals surface area contributed by atoms with Crippen molar-refractivity contribution in [2.75, 3.05) is 18.0 Å². The van der Waals surface area contributed by atoms with E-state index in [9.17, 15) is 0 Å². The van der Waals surface area contributed by atoms with Gasteiger partial charge in [-0.25, -0.2) is 0 Å². The van der Waals surface area contributed by atoms with E-state index in [-0.39, 0.29) is 0 Å². The number of rotatable bonds is 3. The molecular weight excluding hydrogens is 226 g/mol. The fourth-order valence-electron chi connectivity index (χ4n) is 2.29. The molecule has 1 saturated heterocycles. The second-order valence-electron chi connectivity index (χ2n) is 4.66. The molecule has 2 aromatic rings. The second kappa shape index (κ2) is 5.16. The summed E-state index contributed by atoms with van der Waals surface area (Å²) in [6, 6.07) is 4.01.